The maximum atomic E-state index is 12.4. The van der Waals surface area contributed by atoms with Crippen LogP contribution in [0.1, 0.15) is 23.0 Å². The Morgan fingerprint density at radius 2 is 2.00 bits per heavy atom. The van der Waals surface area contributed by atoms with Gasteiger partial charge in [0, 0.05) is 16.8 Å². The van der Waals surface area contributed by atoms with Gasteiger partial charge in [-0.3, -0.25) is 4.79 Å². The second kappa shape index (κ2) is 5.92. The van der Waals surface area contributed by atoms with E-state index in [9.17, 15) is 4.79 Å². The number of carbonyl (C=O) groups excluding carboxylic acids is 1. The fraction of sp³-hybridized carbons (Fsp3) is 0.125. The van der Waals surface area contributed by atoms with Crippen LogP contribution in [0.4, 0.5) is 0 Å². The highest BCUT2D eigenvalue weighted by molar-refractivity contribution is 8.14. The molecule has 0 N–H and O–H groups in total. The van der Waals surface area contributed by atoms with Gasteiger partial charge >= 0.3 is 0 Å². The standard InChI is InChI=1S/C16H13ClN2OS/c1-2-13-15(14-5-3-4-10-19(14)18-13)21-16(20)11-6-8-12(17)9-7-11/h3-10H,2H2,1H3. The maximum Gasteiger partial charge on any atom is 0.224 e. The van der Waals surface area contributed by atoms with E-state index < -0.39 is 0 Å². The van der Waals surface area contributed by atoms with Gasteiger partial charge in [0.25, 0.3) is 0 Å². The second-order valence-electron chi connectivity index (χ2n) is 4.56. The largest absolute Gasteiger partial charge is 0.281 e. The summed E-state index contributed by atoms with van der Waals surface area (Å²) in [6.45, 7) is 2.04. The number of pyridine rings is 1. The van der Waals surface area contributed by atoms with Crippen molar-refractivity contribution in [1.29, 1.82) is 0 Å². The van der Waals surface area contributed by atoms with Crippen molar-refractivity contribution in [3.63, 3.8) is 0 Å². The second-order valence-corrected chi connectivity index (χ2v) is 5.98. The summed E-state index contributed by atoms with van der Waals surface area (Å²) < 4.78 is 1.82. The van der Waals surface area contributed by atoms with E-state index in [1.807, 2.05) is 35.8 Å². The Morgan fingerprint density at radius 3 is 2.71 bits per heavy atom. The molecule has 0 saturated heterocycles. The fourth-order valence-corrected chi connectivity index (χ4v) is 3.24. The Morgan fingerprint density at radius 1 is 1.24 bits per heavy atom. The summed E-state index contributed by atoms with van der Waals surface area (Å²) in [5.41, 5.74) is 2.54. The van der Waals surface area contributed by atoms with Gasteiger partial charge in [0.1, 0.15) is 0 Å². The van der Waals surface area contributed by atoms with Crippen LogP contribution < -0.4 is 0 Å². The van der Waals surface area contributed by atoms with Gasteiger partial charge < -0.3 is 0 Å². The molecule has 0 bridgehead atoms. The quantitative estimate of drug-likeness (QED) is 0.668. The zero-order chi connectivity index (χ0) is 14.8. The molecule has 0 atom stereocenters. The fourth-order valence-electron chi connectivity index (χ4n) is 2.10. The SMILES string of the molecule is CCc1nn2ccccc2c1SC(=O)c1ccc(Cl)cc1. The van der Waals surface area contributed by atoms with Crippen LogP contribution in [0, 0.1) is 0 Å². The molecule has 5 heteroatoms. The summed E-state index contributed by atoms with van der Waals surface area (Å²) in [7, 11) is 0. The Labute approximate surface area is 131 Å². The molecule has 0 amide bonds. The lowest BCUT2D eigenvalue weighted by Gasteiger charge is -2.02. The number of hydrogen-bond acceptors (Lipinski definition) is 3. The van der Waals surface area contributed by atoms with Gasteiger partial charge in [0.15, 0.2) is 0 Å². The van der Waals surface area contributed by atoms with Gasteiger partial charge in [-0.05, 0) is 54.6 Å². The average Bonchev–Trinajstić information content (AvgIpc) is 2.86. The van der Waals surface area contributed by atoms with Crippen molar-refractivity contribution in [3.8, 4) is 0 Å². The molecular formula is C16H13ClN2OS. The number of halogens is 1. The van der Waals surface area contributed by atoms with Gasteiger partial charge in [0.05, 0.1) is 16.1 Å². The number of nitrogens with zero attached hydrogens (tertiary/aromatic N) is 2. The van der Waals surface area contributed by atoms with Crippen molar-refractivity contribution >= 4 is 34.0 Å². The molecular weight excluding hydrogens is 304 g/mol. The molecule has 3 nitrogen and oxygen atoms in total. The highest BCUT2D eigenvalue weighted by atomic mass is 35.5. The number of hydrogen-bond donors (Lipinski definition) is 0. The van der Waals surface area contributed by atoms with Crippen molar-refractivity contribution < 1.29 is 4.79 Å². The molecule has 3 aromatic rings. The predicted molar refractivity (Wildman–Crippen MR) is 86.2 cm³/mol. The molecule has 2 heterocycles. The lowest BCUT2D eigenvalue weighted by Crippen LogP contribution is -1.94. The molecule has 0 aliphatic heterocycles. The number of benzene rings is 1. The number of carbonyl (C=O) groups is 1. The first-order valence-corrected chi connectivity index (χ1v) is 7.82. The van der Waals surface area contributed by atoms with Crippen LogP contribution in [-0.2, 0) is 6.42 Å². The van der Waals surface area contributed by atoms with Crippen LogP contribution in [-0.4, -0.2) is 14.7 Å². The summed E-state index contributed by atoms with van der Waals surface area (Å²) in [4.78, 5) is 13.3. The van der Waals surface area contributed by atoms with E-state index >= 15 is 0 Å². The Hall–Kier alpha value is -1.78. The average molecular weight is 317 g/mol. The molecule has 106 valence electrons. The minimum absolute atomic E-state index is 0.000111. The van der Waals surface area contributed by atoms with E-state index in [-0.39, 0.29) is 5.12 Å². The topological polar surface area (TPSA) is 34.4 Å². The predicted octanol–water partition coefficient (Wildman–Crippen LogP) is 4.48. The third-order valence-electron chi connectivity index (χ3n) is 3.17. The van der Waals surface area contributed by atoms with Crippen LogP contribution >= 0.6 is 23.4 Å². The van der Waals surface area contributed by atoms with E-state index in [0.717, 1.165) is 22.5 Å². The van der Waals surface area contributed by atoms with Crippen LogP contribution in [0.3, 0.4) is 0 Å². The van der Waals surface area contributed by atoms with Crippen molar-refractivity contribution in [1.82, 2.24) is 9.61 Å². The molecule has 0 spiro atoms. The van der Waals surface area contributed by atoms with E-state index in [1.54, 1.807) is 24.3 Å². The van der Waals surface area contributed by atoms with E-state index in [4.69, 9.17) is 11.6 Å². The lowest BCUT2D eigenvalue weighted by atomic mass is 10.2. The minimum Gasteiger partial charge on any atom is -0.281 e. The molecule has 0 saturated carbocycles. The van der Waals surface area contributed by atoms with Gasteiger partial charge in [-0.25, -0.2) is 4.52 Å². The van der Waals surface area contributed by atoms with Crippen molar-refractivity contribution in [3.05, 3.63) is 64.9 Å². The van der Waals surface area contributed by atoms with E-state index in [2.05, 4.69) is 5.10 Å². The maximum absolute atomic E-state index is 12.4. The van der Waals surface area contributed by atoms with Crippen LogP contribution in [0.15, 0.2) is 53.6 Å². The Kier molecular flexibility index (Phi) is 3.99. The smallest absolute Gasteiger partial charge is 0.224 e. The van der Waals surface area contributed by atoms with Crippen molar-refractivity contribution in [2.75, 3.05) is 0 Å². The molecule has 1 aromatic carbocycles. The van der Waals surface area contributed by atoms with Crippen molar-refractivity contribution in [2.45, 2.75) is 18.2 Å². The number of fused-ring (bicyclic) bond motifs is 1. The summed E-state index contributed by atoms with van der Waals surface area (Å²) >= 11 is 7.08. The summed E-state index contributed by atoms with van der Waals surface area (Å²) in [6, 6.07) is 12.8. The van der Waals surface area contributed by atoms with Crippen LogP contribution in [0.5, 0.6) is 0 Å². The van der Waals surface area contributed by atoms with Crippen molar-refractivity contribution in [2.24, 2.45) is 0 Å². The molecule has 0 unspecified atom stereocenters. The summed E-state index contributed by atoms with van der Waals surface area (Å²) in [5.74, 6) is 0. The molecule has 0 radical (unpaired) electrons. The molecule has 21 heavy (non-hydrogen) atoms. The molecule has 0 aliphatic rings. The normalized spacial score (nSPS) is 11.0. The molecule has 0 fully saturated rings. The third kappa shape index (κ3) is 2.82. The van der Waals surface area contributed by atoms with E-state index in [0.29, 0.717) is 10.6 Å². The Balaban J connectivity index is 1.97. The van der Waals surface area contributed by atoms with E-state index in [1.165, 1.54) is 11.8 Å². The highest BCUT2D eigenvalue weighted by Gasteiger charge is 2.16. The van der Waals surface area contributed by atoms with Gasteiger partial charge in [-0.15, -0.1) is 0 Å². The minimum atomic E-state index is 0.000111. The number of thioether (sulfide) groups is 1. The van der Waals surface area contributed by atoms with Crippen LogP contribution in [0.2, 0.25) is 5.02 Å². The lowest BCUT2D eigenvalue weighted by molar-refractivity contribution is 0.108. The molecule has 2 aromatic heterocycles. The number of aryl methyl sites for hydroxylation is 1. The van der Waals surface area contributed by atoms with Gasteiger partial charge in [0.2, 0.25) is 5.12 Å². The first-order chi connectivity index (χ1) is 10.2. The number of aromatic nitrogens is 2. The summed E-state index contributed by atoms with van der Waals surface area (Å²) in [5, 5.41) is 5.14. The van der Waals surface area contributed by atoms with Crippen LogP contribution in [0.25, 0.3) is 5.52 Å². The Bertz CT molecular complexity index is 796. The first kappa shape index (κ1) is 14.2. The third-order valence-corrected chi connectivity index (χ3v) is 4.49. The van der Waals surface area contributed by atoms with Gasteiger partial charge in [-0.2, -0.15) is 5.10 Å². The van der Waals surface area contributed by atoms with Gasteiger partial charge in [-0.1, -0.05) is 24.6 Å². The zero-order valence-corrected chi connectivity index (χ0v) is 13.0. The highest BCUT2D eigenvalue weighted by Crippen LogP contribution is 2.31. The first-order valence-electron chi connectivity index (χ1n) is 6.63. The monoisotopic (exact) mass is 316 g/mol. The zero-order valence-electron chi connectivity index (χ0n) is 11.4. The molecule has 0 aliphatic carbocycles. The summed E-state index contributed by atoms with van der Waals surface area (Å²) in [6.07, 6.45) is 2.68. The molecule has 3 rings (SSSR count). The number of rotatable bonds is 3.